The summed E-state index contributed by atoms with van der Waals surface area (Å²) < 4.78 is 7.79. The number of hydrogen-bond acceptors (Lipinski definition) is 4. The standard InChI is InChI=1S/C24H17N3O2/c28-16-18-10-12-19(13-11-18)23-25-24(29-26-23)21-15-27(14-17-6-2-1-3-7-17)22-9-5-4-8-20(21)22/h1-13,15-16H,14H2. The zero-order valence-corrected chi connectivity index (χ0v) is 15.5. The molecule has 0 fully saturated rings. The fraction of sp³-hybridized carbons (Fsp3) is 0.0417. The summed E-state index contributed by atoms with van der Waals surface area (Å²) >= 11 is 0. The van der Waals surface area contributed by atoms with Gasteiger partial charge in [-0.15, -0.1) is 0 Å². The number of hydrogen-bond donors (Lipinski definition) is 0. The van der Waals surface area contributed by atoms with Crippen LogP contribution in [0.25, 0.3) is 33.7 Å². The van der Waals surface area contributed by atoms with E-state index in [-0.39, 0.29) is 0 Å². The largest absolute Gasteiger partial charge is 0.342 e. The van der Waals surface area contributed by atoms with Gasteiger partial charge in [-0.25, -0.2) is 0 Å². The third kappa shape index (κ3) is 3.23. The van der Waals surface area contributed by atoms with Crippen LogP contribution in [-0.2, 0) is 6.54 Å². The van der Waals surface area contributed by atoms with Crippen molar-refractivity contribution in [3.05, 3.63) is 96.2 Å². The van der Waals surface area contributed by atoms with E-state index in [4.69, 9.17) is 4.52 Å². The van der Waals surface area contributed by atoms with Gasteiger partial charge in [-0.3, -0.25) is 4.79 Å². The highest BCUT2D eigenvalue weighted by atomic mass is 16.5. The molecule has 140 valence electrons. The monoisotopic (exact) mass is 379 g/mol. The molecule has 0 aliphatic carbocycles. The molecule has 2 heterocycles. The van der Waals surface area contributed by atoms with E-state index < -0.39 is 0 Å². The highest BCUT2D eigenvalue weighted by molar-refractivity contribution is 5.94. The van der Waals surface area contributed by atoms with Crippen LogP contribution in [-0.4, -0.2) is 21.0 Å². The number of aldehydes is 1. The molecule has 5 heteroatoms. The predicted molar refractivity (Wildman–Crippen MR) is 112 cm³/mol. The maximum atomic E-state index is 10.8. The van der Waals surface area contributed by atoms with Crippen molar-refractivity contribution in [1.29, 1.82) is 0 Å². The molecular weight excluding hydrogens is 362 g/mol. The van der Waals surface area contributed by atoms with Crippen LogP contribution in [0.5, 0.6) is 0 Å². The Morgan fingerprint density at radius 2 is 1.66 bits per heavy atom. The van der Waals surface area contributed by atoms with Gasteiger partial charge in [0.1, 0.15) is 6.29 Å². The Hall–Kier alpha value is -3.99. The maximum absolute atomic E-state index is 10.8. The van der Waals surface area contributed by atoms with Gasteiger partial charge in [-0.1, -0.05) is 78.0 Å². The first kappa shape index (κ1) is 17.1. The lowest BCUT2D eigenvalue weighted by Crippen LogP contribution is -1.97. The first-order valence-electron chi connectivity index (χ1n) is 9.33. The number of para-hydroxylation sites is 1. The number of carbonyl (C=O) groups excluding carboxylic acids is 1. The number of rotatable bonds is 5. The minimum Gasteiger partial charge on any atom is -0.342 e. The lowest BCUT2D eigenvalue weighted by Gasteiger charge is -2.05. The van der Waals surface area contributed by atoms with Crippen LogP contribution in [0.2, 0.25) is 0 Å². The highest BCUT2D eigenvalue weighted by Crippen LogP contribution is 2.31. The average Bonchev–Trinajstić information content (AvgIpc) is 3.40. The molecule has 0 radical (unpaired) electrons. The third-order valence-electron chi connectivity index (χ3n) is 4.95. The molecule has 0 spiro atoms. The Balaban J connectivity index is 1.55. The average molecular weight is 379 g/mol. The van der Waals surface area contributed by atoms with E-state index in [0.29, 0.717) is 17.3 Å². The molecule has 0 unspecified atom stereocenters. The molecule has 0 aliphatic rings. The van der Waals surface area contributed by atoms with Crippen molar-refractivity contribution in [2.24, 2.45) is 0 Å². The zero-order chi connectivity index (χ0) is 19.6. The number of carbonyl (C=O) groups is 1. The van der Waals surface area contributed by atoms with Crippen molar-refractivity contribution >= 4 is 17.2 Å². The molecule has 0 bridgehead atoms. The van der Waals surface area contributed by atoms with Crippen LogP contribution in [0.3, 0.4) is 0 Å². The van der Waals surface area contributed by atoms with Crippen LogP contribution in [0.1, 0.15) is 15.9 Å². The molecule has 5 nitrogen and oxygen atoms in total. The summed E-state index contributed by atoms with van der Waals surface area (Å²) in [6.45, 7) is 0.759. The van der Waals surface area contributed by atoms with E-state index >= 15 is 0 Å². The molecule has 0 atom stereocenters. The quantitative estimate of drug-likeness (QED) is 0.393. The second-order valence-electron chi connectivity index (χ2n) is 6.84. The first-order chi connectivity index (χ1) is 14.3. The Bertz CT molecular complexity index is 1280. The highest BCUT2D eigenvalue weighted by Gasteiger charge is 2.17. The van der Waals surface area contributed by atoms with Crippen LogP contribution < -0.4 is 0 Å². The van der Waals surface area contributed by atoms with Gasteiger partial charge < -0.3 is 9.09 Å². The maximum Gasteiger partial charge on any atom is 0.260 e. The van der Waals surface area contributed by atoms with Crippen molar-refractivity contribution in [2.45, 2.75) is 6.54 Å². The molecule has 5 aromatic rings. The lowest BCUT2D eigenvalue weighted by molar-refractivity contribution is 0.112. The Morgan fingerprint density at radius 1 is 0.897 bits per heavy atom. The Morgan fingerprint density at radius 3 is 2.45 bits per heavy atom. The number of benzene rings is 3. The zero-order valence-electron chi connectivity index (χ0n) is 15.5. The van der Waals surface area contributed by atoms with Gasteiger partial charge in [0, 0.05) is 34.8 Å². The second kappa shape index (κ2) is 7.20. The number of nitrogens with zero attached hydrogens (tertiary/aromatic N) is 3. The topological polar surface area (TPSA) is 60.9 Å². The molecule has 0 amide bonds. The van der Waals surface area contributed by atoms with Gasteiger partial charge >= 0.3 is 0 Å². The number of aromatic nitrogens is 3. The summed E-state index contributed by atoms with van der Waals surface area (Å²) in [4.78, 5) is 15.4. The molecule has 0 saturated heterocycles. The van der Waals surface area contributed by atoms with E-state index in [1.807, 2.05) is 42.5 Å². The molecular formula is C24H17N3O2. The fourth-order valence-electron chi connectivity index (χ4n) is 3.49. The van der Waals surface area contributed by atoms with E-state index in [1.54, 1.807) is 12.1 Å². The van der Waals surface area contributed by atoms with Crippen molar-refractivity contribution in [1.82, 2.24) is 14.7 Å². The molecule has 5 rings (SSSR count). The minimum atomic E-state index is 0.475. The van der Waals surface area contributed by atoms with Gasteiger partial charge in [0.05, 0.1) is 5.56 Å². The van der Waals surface area contributed by atoms with E-state index in [1.165, 1.54) is 5.56 Å². The van der Waals surface area contributed by atoms with Crippen LogP contribution in [0.4, 0.5) is 0 Å². The smallest absolute Gasteiger partial charge is 0.260 e. The molecule has 0 aliphatic heterocycles. The van der Waals surface area contributed by atoms with Crippen molar-refractivity contribution in [3.8, 4) is 22.8 Å². The van der Waals surface area contributed by atoms with E-state index in [2.05, 4.69) is 45.2 Å². The SMILES string of the molecule is O=Cc1ccc(-c2noc(-c3cn(Cc4ccccc4)c4ccccc34)n2)cc1. The Kier molecular flexibility index (Phi) is 4.26. The molecule has 0 saturated carbocycles. The van der Waals surface area contributed by atoms with Crippen LogP contribution in [0.15, 0.2) is 89.6 Å². The predicted octanol–water partition coefficient (Wildman–Crippen LogP) is 5.22. The third-order valence-corrected chi connectivity index (χ3v) is 4.95. The lowest BCUT2D eigenvalue weighted by atomic mass is 10.1. The first-order valence-corrected chi connectivity index (χ1v) is 9.33. The normalized spacial score (nSPS) is 11.0. The van der Waals surface area contributed by atoms with Gasteiger partial charge in [-0.05, 0) is 11.6 Å². The van der Waals surface area contributed by atoms with Crippen molar-refractivity contribution < 1.29 is 9.32 Å². The summed E-state index contributed by atoms with van der Waals surface area (Å²) in [6, 6.07) is 25.6. The molecule has 0 N–H and O–H groups in total. The summed E-state index contributed by atoms with van der Waals surface area (Å²) in [6.07, 6.45) is 2.87. The second-order valence-corrected chi connectivity index (χ2v) is 6.84. The van der Waals surface area contributed by atoms with Crippen LogP contribution in [0, 0.1) is 0 Å². The van der Waals surface area contributed by atoms with Crippen molar-refractivity contribution in [2.75, 3.05) is 0 Å². The van der Waals surface area contributed by atoms with Gasteiger partial charge in [0.2, 0.25) is 5.82 Å². The summed E-state index contributed by atoms with van der Waals surface area (Å²) in [5.41, 5.74) is 4.66. The minimum absolute atomic E-state index is 0.475. The number of fused-ring (bicyclic) bond motifs is 1. The summed E-state index contributed by atoms with van der Waals surface area (Å²) in [5, 5.41) is 5.20. The van der Waals surface area contributed by atoms with Gasteiger partial charge in [0.15, 0.2) is 0 Å². The van der Waals surface area contributed by atoms with Gasteiger partial charge in [-0.2, -0.15) is 4.98 Å². The van der Waals surface area contributed by atoms with E-state index in [9.17, 15) is 4.79 Å². The molecule has 29 heavy (non-hydrogen) atoms. The van der Waals surface area contributed by atoms with Gasteiger partial charge in [0.25, 0.3) is 5.89 Å². The summed E-state index contributed by atoms with van der Waals surface area (Å²) in [5.74, 6) is 0.972. The van der Waals surface area contributed by atoms with Crippen LogP contribution >= 0.6 is 0 Å². The molecule has 2 aromatic heterocycles. The molecule has 3 aromatic carbocycles. The Labute approximate surface area is 167 Å². The van der Waals surface area contributed by atoms with Crippen molar-refractivity contribution in [3.63, 3.8) is 0 Å². The fourth-order valence-corrected chi connectivity index (χ4v) is 3.49. The summed E-state index contributed by atoms with van der Waals surface area (Å²) in [7, 11) is 0. The van der Waals surface area contributed by atoms with E-state index in [0.717, 1.165) is 34.9 Å².